The van der Waals surface area contributed by atoms with Crippen molar-refractivity contribution < 1.29 is 0 Å². The summed E-state index contributed by atoms with van der Waals surface area (Å²) < 4.78 is 0. The Bertz CT molecular complexity index is 317. The van der Waals surface area contributed by atoms with E-state index >= 15 is 0 Å². The third-order valence-electron chi connectivity index (χ3n) is 2.17. The van der Waals surface area contributed by atoms with Gasteiger partial charge in [-0.2, -0.15) is 0 Å². The minimum atomic E-state index is 0.347. The maximum Gasteiger partial charge on any atom is 0.146 e. The zero-order valence-electron chi connectivity index (χ0n) is 10.7. The molecule has 0 fully saturated rings. The fourth-order valence-corrected chi connectivity index (χ4v) is 1.28. The van der Waals surface area contributed by atoms with Crippen molar-refractivity contribution in [3.63, 3.8) is 0 Å². The summed E-state index contributed by atoms with van der Waals surface area (Å²) in [5.74, 6) is 1.66. The number of anilines is 2. The smallest absolute Gasteiger partial charge is 0.146 e. The van der Waals surface area contributed by atoms with Crippen LogP contribution < -0.4 is 10.6 Å². The first kappa shape index (κ1) is 12.7. The third-order valence-corrected chi connectivity index (χ3v) is 2.17. The fraction of sp³-hybridized carbons (Fsp3) is 0.667. The number of nitrogens with one attached hydrogen (secondary N) is 2. The van der Waals surface area contributed by atoms with Crippen molar-refractivity contribution in [3.05, 3.63) is 12.4 Å². The van der Waals surface area contributed by atoms with Gasteiger partial charge >= 0.3 is 0 Å². The second kappa shape index (κ2) is 5.68. The largest absolute Gasteiger partial charge is 0.369 e. The van der Waals surface area contributed by atoms with E-state index < -0.39 is 0 Å². The van der Waals surface area contributed by atoms with Crippen LogP contribution >= 0.6 is 0 Å². The molecule has 0 spiro atoms. The Morgan fingerprint density at radius 3 is 2.31 bits per heavy atom. The number of hydrogen-bond acceptors (Lipinski definition) is 4. The molecule has 0 radical (unpaired) electrons. The SMILES string of the molecule is CCNc1cncc(NCCC(C)(C)C)n1. The molecule has 0 bridgehead atoms. The highest BCUT2D eigenvalue weighted by molar-refractivity contribution is 5.41. The van der Waals surface area contributed by atoms with Crippen LogP contribution in [0.15, 0.2) is 12.4 Å². The highest BCUT2D eigenvalue weighted by Gasteiger charge is 2.09. The highest BCUT2D eigenvalue weighted by atomic mass is 15.1. The van der Waals surface area contributed by atoms with Crippen LogP contribution in [0.3, 0.4) is 0 Å². The average Bonchev–Trinajstić information content (AvgIpc) is 2.17. The standard InChI is InChI=1S/C12H22N4/c1-5-14-10-8-13-9-11(16-10)15-7-6-12(2,3)4/h8-9H,5-7H2,1-4H3,(H2,14,15,16). The molecule has 0 aliphatic rings. The number of aromatic nitrogens is 2. The molecular formula is C12H22N4. The van der Waals surface area contributed by atoms with Crippen LogP contribution in [0.1, 0.15) is 34.1 Å². The monoisotopic (exact) mass is 222 g/mol. The molecule has 0 unspecified atom stereocenters. The van der Waals surface area contributed by atoms with Gasteiger partial charge in [0.1, 0.15) is 11.6 Å². The molecule has 16 heavy (non-hydrogen) atoms. The summed E-state index contributed by atoms with van der Waals surface area (Å²) in [6, 6.07) is 0. The van der Waals surface area contributed by atoms with Gasteiger partial charge in [-0.05, 0) is 18.8 Å². The molecule has 90 valence electrons. The summed E-state index contributed by atoms with van der Waals surface area (Å²) in [6.07, 6.45) is 4.60. The zero-order chi connectivity index (χ0) is 12.0. The summed E-state index contributed by atoms with van der Waals surface area (Å²) >= 11 is 0. The Hall–Kier alpha value is -1.32. The summed E-state index contributed by atoms with van der Waals surface area (Å²) in [7, 11) is 0. The van der Waals surface area contributed by atoms with Crippen LogP contribution in [-0.4, -0.2) is 23.1 Å². The fourth-order valence-electron chi connectivity index (χ4n) is 1.28. The predicted octanol–water partition coefficient (Wildman–Crippen LogP) is 2.76. The molecule has 0 aliphatic heterocycles. The van der Waals surface area contributed by atoms with Crippen molar-refractivity contribution in [2.24, 2.45) is 5.41 Å². The first-order valence-electron chi connectivity index (χ1n) is 5.81. The first-order chi connectivity index (χ1) is 7.51. The average molecular weight is 222 g/mol. The van der Waals surface area contributed by atoms with Gasteiger partial charge in [0.05, 0.1) is 12.4 Å². The van der Waals surface area contributed by atoms with E-state index in [4.69, 9.17) is 0 Å². The summed E-state index contributed by atoms with van der Waals surface area (Å²) in [5.41, 5.74) is 0.347. The van der Waals surface area contributed by atoms with Crippen LogP contribution in [0.2, 0.25) is 0 Å². The normalized spacial score (nSPS) is 11.2. The molecule has 0 aromatic carbocycles. The third kappa shape index (κ3) is 4.96. The molecule has 0 saturated heterocycles. The van der Waals surface area contributed by atoms with Gasteiger partial charge in [-0.15, -0.1) is 0 Å². The molecule has 1 aromatic heterocycles. The minimum absolute atomic E-state index is 0.347. The lowest BCUT2D eigenvalue weighted by Crippen LogP contribution is -2.14. The van der Waals surface area contributed by atoms with E-state index in [-0.39, 0.29) is 0 Å². The lowest BCUT2D eigenvalue weighted by Gasteiger charge is -2.18. The Morgan fingerprint density at radius 2 is 1.75 bits per heavy atom. The molecule has 1 heterocycles. The molecule has 0 atom stereocenters. The molecule has 0 aliphatic carbocycles. The Morgan fingerprint density at radius 1 is 1.12 bits per heavy atom. The van der Waals surface area contributed by atoms with E-state index in [1.54, 1.807) is 12.4 Å². The highest BCUT2D eigenvalue weighted by Crippen LogP contribution is 2.18. The van der Waals surface area contributed by atoms with Gasteiger partial charge in [0.2, 0.25) is 0 Å². The summed E-state index contributed by atoms with van der Waals surface area (Å²) in [6.45, 7) is 10.5. The molecule has 0 saturated carbocycles. The van der Waals surface area contributed by atoms with Crippen molar-refractivity contribution in [1.29, 1.82) is 0 Å². The molecule has 2 N–H and O–H groups in total. The van der Waals surface area contributed by atoms with E-state index in [0.717, 1.165) is 31.1 Å². The lowest BCUT2D eigenvalue weighted by atomic mass is 9.92. The van der Waals surface area contributed by atoms with E-state index in [1.807, 2.05) is 6.92 Å². The van der Waals surface area contributed by atoms with Gasteiger partial charge in [0.15, 0.2) is 0 Å². The molecule has 1 rings (SSSR count). The maximum atomic E-state index is 4.40. The molecule has 4 heteroatoms. The quantitative estimate of drug-likeness (QED) is 0.804. The molecular weight excluding hydrogens is 200 g/mol. The first-order valence-corrected chi connectivity index (χ1v) is 5.81. The molecule has 1 aromatic rings. The van der Waals surface area contributed by atoms with Gasteiger partial charge < -0.3 is 10.6 Å². The van der Waals surface area contributed by atoms with Gasteiger partial charge in [0.25, 0.3) is 0 Å². The van der Waals surface area contributed by atoms with E-state index in [0.29, 0.717) is 5.41 Å². The van der Waals surface area contributed by atoms with Gasteiger partial charge in [-0.3, -0.25) is 4.98 Å². The predicted molar refractivity (Wildman–Crippen MR) is 68.8 cm³/mol. The van der Waals surface area contributed by atoms with Crippen LogP contribution in [0.4, 0.5) is 11.6 Å². The summed E-state index contributed by atoms with van der Waals surface area (Å²) in [5, 5.41) is 6.43. The van der Waals surface area contributed by atoms with Crippen LogP contribution in [0.25, 0.3) is 0 Å². The number of hydrogen-bond donors (Lipinski definition) is 2. The second-order valence-electron chi connectivity index (χ2n) is 5.06. The van der Waals surface area contributed by atoms with Crippen LogP contribution in [-0.2, 0) is 0 Å². The maximum absolute atomic E-state index is 4.40. The topological polar surface area (TPSA) is 49.8 Å². The van der Waals surface area contributed by atoms with Crippen molar-refractivity contribution >= 4 is 11.6 Å². The van der Waals surface area contributed by atoms with Crippen molar-refractivity contribution in [3.8, 4) is 0 Å². The minimum Gasteiger partial charge on any atom is -0.369 e. The molecule has 0 amide bonds. The Labute approximate surface area is 97.9 Å². The van der Waals surface area contributed by atoms with E-state index in [9.17, 15) is 0 Å². The number of rotatable bonds is 5. The van der Waals surface area contributed by atoms with E-state index in [1.165, 1.54) is 0 Å². The van der Waals surface area contributed by atoms with Crippen LogP contribution in [0.5, 0.6) is 0 Å². The lowest BCUT2D eigenvalue weighted by molar-refractivity contribution is 0.389. The van der Waals surface area contributed by atoms with Gasteiger partial charge in [-0.1, -0.05) is 20.8 Å². The number of nitrogens with zero attached hydrogens (tertiary/aromatic N) is 2. The second-order valence-corrected chi connectivity index (χ2v) is 5.06. The zero-order valence-corrected chi connectivity index (χ0v) is 10.7. The van der Waals surface area contributed by atoms with Gasteiger partial charge in [0, 0.05) is 13.1 Å². The summed E-state index contributed by atoms with van der Waals surface area (Å²) in [4.78, 5) is 8.53. The van der Waals surface area contributed by atoms with Crippen molar-refractivity contribution in [2.75, 3.05) is 23.7 Å². The Balaban J connectivity index is 2.44. The van der Waals surface area contributed by atoms with E-state index in [2.05, 4.69) is 41.4 Å². The van der Waals surface area contributed by atoms with Gasteiger partial charge in [-0.25, -0.2) is 4.98 Å². The van der Waals surface area contributed by atoms with Crippen LogP contribution in [0, 0.1) is 5.41 Å². The Kier molecular flexibility index (Phi) is 4.52. The van der Waals surface area contributed by atoms with Crippen molar-refractivity contribution in [1.82, 2.24) is 9.97 Å². The van der Waals surface area contributed by atoms with Crippen molar-refractivity contribution in [2.45, 2.75) is 34.1 Å². The molecule has 4 nitrogen and oxygen atoms in total.